The minimum atomic E-state index is -0.495. The van der Waals surface area contributed by atoms with E-state index in [9.17, 15) is 9.59 Å². The Labute approximate surface area is 135 Å². The number of ether oxygens (including phenoxy) is 1. The lowest BCUT2D eigenvalue weighted by Crippen LogP contribution is -2.25. The van der Waals surface area contributed by atoms with E-state index in [0.29, 0.717) is 13.2 Å². The molecule has 2 heterocycles. The summed E-state index contributed by atoms with van der Waals surface area (Å²) in [5, 5.41) is 4.07. The Bertz CT molecular complexity index is 683. The van der Waals surface area contributed by atoms with Crippen molar-refractivity contribution in [3.8, 4) is 0 Å². The summed E-state index contributed by atoms with van der Waals surface area (Å²) in [6, 6.07) is 6.65. The molecule has 2 aromatic rings. The first-order chi connectivity index (χ1) is 11.2. The summed E-state index contributed by atoms with van der Waals surface area (Å²) < 4.78 is 6.53. The van der Waals surface area contributed by atoms with Crippen molar-refractivity contribution in [1.29, 1.82) is 0 Å². The minimum absolute atomic E-state index is 0.171. The Morgan fingerprint density at radius 2 is 1.96 bits per heavy atom. The van der Waals surface area contributed by atoms with Crippen molar-refractivity contribution in [2.24, 2.45) is 0 Å². The maximum Gasteiger partial charge on any atom is 0.358 e. The van der Waals surface area contributed by atoms with Crippen molar-refractivity contribution in [2.75, 3.05) is 6.61 Å². The van der Waals surface area contributed by atoms with E-state index in [-0.39, 0.29) is 11.3 Å². The van der Waals surface area contributed by atoms with Crippen molar-refractivity contribution < 1.29 is 9.53 Å². The number of aromatic nitrogens is 3. The Morgan fingerprint density at radius 1 is 1.17 bits per heavy atom. The van der Waals surface area contributed by atoms with E-state index < -0.39 is 5.97 Å². The molecule has 2 aromatic heterocycles. The molecule has 0 aliphatic carbocycles. The first kappa shape index (κ1) is 16.9. The molecule has 2 rings (SSSR count). The number of aryl methyl sites for hydroxylation is 2. The molecule has 0 saturated heterocycles. The molecule has 6 nitrogen and oxygen atoms in total. The monoisotopic (exact) mass is 315 g/mol. The average Bonchev–Trinajstić information content (AvgIpc) is 2.58. The van der Waals surface area contributed by atoms with E-state index in [4.69, 9.17) is 4.74 Å². The van der Waals surface area contributed by atoms with Gasteiger partial charge in [-0.1, -0.05) is 13.3 Å². The van der Waals surface area contributed by atoms with Crippen molar-refractivity contribution in [2.45, 2.75) is 39.2 Å². The number of pyridine rings is 1. The second-order valence-electron chi connectivity index (χ2n) is 5.23. The lowest BCUT2D eigenvalue weighted by atomic mass is 10.1. The van der Waals surface area contributed by atoms with Crippen LogP contribution >= 0.6 is 0 Å². The van der Waals surface area contributed by atoms with E-state index in [1.165, 1.54) is 16.8 Å². The number of esters is 1. The Kier molecular flexibility index (Phi) is 6.47. The fraction of sp³-hybridized carbons (Fsp3) is 0.412. The fourth-order valence-corrected chi connectivity index (χ4v) is 2.09. The van der Waals surface area contributed by atoms with Crippen LogP contribution in [0.15, 0.2) is 41.5 Å². The molecular formula is C17H21N3O3. The van der Waals surface area contributed by atoms with Gasteiger partial charge in [0, 0.05) is 25.0 Å². The lowest BCUT2D eigenvalue weighted by Gasteiger charge is -2.07. The van der Waals surface area contributed by atoms with Gasteiger partial charge < -0.3 is 4.74 Å². The molecule has 0 aromatic carbocycles. The third-order valence-corrected chi connectivity index (χ3v) is 3.39. The second kappa shape index (κ2) is 8.82. The largest absolute Gasteiger partial charge is 0.461 e. The number of hydrogen-bond acceptors (Lipinski definition) is 5. The summed E-state index contributed by atoms with van der Waals surface area (Å²) in [7, 11) is 0. The maximum absolute atomic E-state index is 12.0. The van der Waals surface area contributed by atoms with E-state index in [1.807, 2.05) is 19.1 Å². The van der Waals surface area contributed by atoms with Gasteiger partial charge in [0.25, 0.3) is 5.56 Å². The van der Waals surface area contributed by atoms with E-state index in [1.54, 1.807) is 12.4 Å². The zero-order valence-electron chi connectivity index (χ0n) is 13.3. The van der Waals surface area contributed by atoms with Gasteiger partial charge in [0.2, 0.25) is 0 Å². The van der Waals surface area contributed by atoms with Gasteiger partial charge in [0.1, 0.15) is 0 Å². The Morgan fingerprint density at radius 3 is 2.70 bits per heavy atom. The molecule has 23 heavy (non-hydrogen) atoms. The zero-order valence-corrected chi connectivity index (χ0v) is 13.3. The summed E-state index contributed by atoms with van der Waals surface area (Å²) in [5.41, 5.74) is 1.12. The van der Waals surface area contributed by atoms with Crippen LogP contribution in [0.4, 0.5) is 0 Å². The molecule has 122 valence electrons. The number of nitrogens with zero attached hydrogens (tertiary/aromatic N) is 3. The summed E-state index contributed by atoms with van der Waals surface area (Å²) in [4.78, 5) is 27.6. The maximum atomic E-state index is 12.0. The molecule has 0 fully saturated rings. The van der Waals surface area contributed by atoms with Crippen LogP contribution in [0.5, 0.6) is 0 Å². The first-order valence-corrected chi connectivity index (χ1v) is 7.85. The standard InChI is InChI=1S/C17H21N3O3/c1-2-3-12-20-16(21)7-6-15(19-20)17(22)23-13-4-5-14-8-10-18-11-9-14/h6-11H,2-5,12-13H2,1H3. The SMILES string of the molecule is CCCCn1nc(C(=O)OCCCc2ccncc2)ccc1=O. The Hall–Kier alpha value is -2.50. The van der Waals surface area contributed by atoms with Gasteiger partial charge in [0.15, 0.2) is 5.69 Å². The molecule has 0 spiro atoms. The van der Waals surface area contributed by atoms with Crippen LogP contribution in [0, 0.1) is 0 Å². The molecule has 0 aliphatic heterocycles. The van der Waals surface area contributed by atoms with Crippen LogP contribution in [0.3, 0.4) is 0 Å². The quantitative estimate of drug-likeness (QED) is 0.551. The molecule has 0 saturated carbocycles. The lowest BCUT2D eigenvalue weighted by molar-refractivity contribution is 0.0490. The van der Waals surface area contributed by atoms with Crippen molar-refractivity contribution >= 4 is 5.97 Å². The van der Waals surface area contributed by atoms with Crippen LogP contribution in [0.25, 0.3) is 0 Å². The summed E-state index contributed by atoms with van der Waals surface area (Å²) in [6.07, 6.45) is 6.83. The van der Waals surface area contributed by atoms with Gasteiger partial charge in [0.05, 0.1) is 6.61 Å². The van der Waals surface area contributed by atoms with Crippen LogP contribution in [0.1, 0.15) is 42.2 Å². The van der Waals surface area contributed by atoms with Crippen LogP contribution in [-0.2, 0) is 17.7 Å². The third-order valence-electron chi connectivity index (χ3n) is 3.39. The van der Waals surface area contributed by atoms with Gasteiger partial charge >= 0.3 is 5.97 Å². The number of hydrogen-bond donors (Lipinski definition) is 0. The molecule has 0 unspecified atom stereocenters. The predicted molar refractivity (Wildman–Crippen MR) is 86.2 cm³/mol. The molecular weight excluding hydrogens is 294 g/mol. The molecule has 6 heteroatoms. The number of carbonyl (C=O) groups is 1. The highest BCUT2D eigenvalue weighted by Crippen LogP contribution is 2.02. The average molecular weight is 315 g/mol. The molecule has 0 amide bonds. The molecule has 0 atom stereocenters. The van der Waals surface area contributed by atoms with Crippen molar-refractivity contribution in [1.82, 2.24) is 14.8 Å². The molecule has 0 radical (unpaired) electrons. The third kappa shape index (κ3) is 5.32. The highest BCUT2D eigenvalue weighted by atomic mass is 16.5. The van der Waals surface area contributed by atoms with Crippen molar-refractivity contribution in [3.05, 3.63) is 58.3 Å². The first-order valence-electron chi connectivity index (χ1n) is 7.85. The fourth-order valence-electron chi connectivity index (χ4n) is 2.09. The van der Waals surface area contributed by atoms with E-state index >= 15 is 0 Å². The van der Waals surface area contributed by atoms with Gasteiger partial charge in [-0.15, -0.1) is 0 Å². The number of rotatable bonds is 8. The molecule has 0 aliphatic rings. The predicted octanol–water partition coefficient (Wildman–Crippen LogP) is 2.23. The van der Waals surface area contributed by atoms with Gasteiger partial charge in [-0.25, -0.2) is 9.48 Å². The minimum Gasteiger partial charge on any atom is -0.461 e. The van der Waals surface area contributed by atoms with Gasteiger partial charge in [-0.3, -0.25) is 9.78 Å². The normalized spacial score (nSPS) is 10.5. The van der Waals surface area contributed by atoms with Gasteiger partial charge in [-0.2, -0.15) is 5.10 Å². The summed E-state index contributed by atoms with van der Waals surface area (Å²) in [6.45, 7) is 2.86. The number of carbonyl (C=O) groups excluding carboxylic acids is 1. The van der Waals surface area contributed by atoms with Crippen LogP contribution < -0.4 is 5.56 Å². The Balaban J connectivity index is 1.84. The second-order valence-corrected chi connectivity index (χ2v) is 5.23. The van der Waals surface area contributed by atoms with E-state index in [0.717, 1.165) is 31.2 Å². The summed E-state index contributed by atoms with van der Waals surface area (Å²) in [5.74, 6) is -0.495. The highest BCUT2D eigenvalue weighted by Gasteiger charge is 2.10. The molecule has 0 N–H and O–H groups in total. The molecule has 0 bridgehead atoms. The van der Waals surface area contributed by atoms with Gasteiger partial charge in [-0.05, 0) is 43.0 Å². The summed E-state index contributed by atoms with van der Waals surface area (Å²) >= 11 is 0. The van der Waals surface area contributed by atoms with E-state index in [2.05, 4.69) is 10.1 Å². The van der Waals surface area contributed by atoms with Crippen molar-refractivity contribution in [3.63, 3.8) is 0 Å². The zero-order chi connectivity index (χ0) is 16.5. The number of unbranched alkanes of at least 4 members (excludes halogenated alkanes) is 1. The smallest absolute Gasteiger partial charge is 0.358 e. The highest BCUT2D eigenvalue weighted by molar-refractivity contribution is 5.86. The topological polar surface area (TPSA) is 74.1 Å². The van der Waals surface area contributed by atoms with Crippen LogP contribution in [0.2, 0.25) is 0 Å². The van der Waals surface area contributed by atoms with Crippen LogP contribution in [-0.4, -0.2) is 27.3 Å².